The van der Waals surface area contributed by atoms with Gasteiger partial charge in [-0.3, -0.25) is 0 Å². The number of nitrogens with zero attached hydrogens (tertiary/aromatic N) is 2. The summed E-state index contributed by atoms with van der Waals surface area (Å²) in [6.45, 7) is 6.57. The molecule has 0 aliphatic carbocycles. The standard InChI is InChI=1S/C15H20N4S/c1-15(2,3)10-7-5-6-8-11(10)17-13-9-12(16)18-14(19-13)20-4/h5-9H,1-4H3,(H3,16,17,18,19). The van der Waals surface area contributed by atoms with Gasteiger partial charge in [-0.1, -0.05) is 50.7 Å². The van der Waals surface area contributed by atoms with Crippen molar-refractivity contribution in [3.05, 3.63) is 35.9 Å². The number of benzene rings is 1. The Kier molecular flexibility index (Phi) is 4.18. The highest BCUT2D eigenvalue weighted by Gasteiger charge is 2.17. The fraction of sp³-hybridized carbons (Fsp3) is 0.333. The Morgan fingerprint density at radius 3 is 2.50 bits per heavy atom. The third-order valence-electron chi connectivity index (χ3n) is 2.91. The van der Waals surface area contributed by atoms with Crippen LogP contribution in [-0.2, 0) is 5.41 Å². The smallest absolute Gasteiger partial charge is 0.191 e. The van der Waals surface area contributed by atoms with Crippen molar-refractivity contribution >= 4 is 29.1 Å². The molecule has 20 heavy (non-hydrogen) atoms. The van der Waals surface area contributed by atoms with E-state index in [4.69, 9.17) is 5.73 Å². The molecule has 1 aromatic carbocycles. The van der Waals surface area contributed by atoms with Gasteiger partial charge in [-0.05, 0) is 23.3 Å². The monoisotopic (exact) mass is 288 g/mol. The number of nitrogens with two attached hydrogens (primary N) is 1. The lowest BCUT2D eigenvalue weighted by Crippen LogP contribution is -2.14. The number of thioether (sulfide) groups is 1. The molecule has 1 aromatic heterocycles. The highest BCUT2D eigenvalue weighted by atomic mass is 32.2. The highest BCUT2D eigenvalue weighted by Crippen LogP contribution is 2.31. The second-order valence-corrected chi connectivity index (χ2v) is 6.36. The minimum atomic E-state index is 0.0600. The van der Waals surface area contributed by atoms with Gasteiger partial charge in [0.15, 0.2) is 5.16 Å². The van der Waals surface area contributed by atoms with Gasteiger partial charge in [0.25, 0.3) is 0 Å². The van der Waals surface area contributed by atoms with Gasteiger partial charge in [0.05, 0.1) is 0 Å². The summed E-state index contributed by atoms with van der Waals surface area (Å²) in [5.74, 6) is 1.19. The predicted molar refractivity (Wildman–Crippen MR) is 86.7 cm³/mol. The predicted octanol–water partition coefficient (Wildman–Crippen LogP) is 3.82. The van der Waals surface area contributed by atoms with Gasteiger partial charge in [0.2, 0.25) is 0 Å². The number of anilines is 3. The van der Waals surface area contributed by atoms with Crippen molar-refractivity contribution in [2.24, 2.45) is 0 Å². The number of hydrogen-bond acceptors (Lipinski definition) is 5. The summed E-state index contributed by atoms with van der Waals surface area (Å²) < 4.78 is 0. The summed E-state index contributed by atoms with van der Waals surface area (Å²) >= 11 is 1.48. The average molecular weight is 288 g/mol. The molecule has 0 aliphatic rings. The molecule has 106 valence electrons. The molecule has 3 N–H and O–H groups in total. The van der Waals surface area contributed by atoms with Crippen LogP contribution in [0.2, 0.25) is 0 Å². The zero-order valence-corrected chi connectivity index (χ0v) is 13.1. The van der Waals surface area contributed by atoms with Crippen molar-refractivity contribution in [1.29, 1.82) is 0 Å². The van der Waals surface area contributed by atoms with Crippen LogP contribution < -0.4 is 11.1 Å². The first-order valence-electron chi connectivity index (χ1n) is 6.45. The summed E-state index contributed by atoms with van der Waals surface area (Å²) in [6, 6.07) is 9.99. The molecule has 0 amide bonds. The largest absolute Gasteiger partial charge is 0.383 e. The van der Waals surface area contributed by atoms with Crippen molar-refractivity contribution in [2.45, 2.75) is 31.3 Å². The molecule has 0 radical (unpaired) electrons. The van der Waals surface area contributed by atoms with Crippen molar-refractivity contribution in [3.8, 4) is 0 Å². The number of nitrogen functional groups attached to an aromatic ring is 1. The molecule has 5 heteroatoms. The Balaban J connectivity index is 2.38. The van der Waals surface area contributed by atoms with E-state index < -0.39 is 0 Å². The van der Waals surface area contributed by atoms with Crippen LogP contribution in [0.4, 0.5) is 17.3 Å². The molecule has 2 rings (SSSR count). The summed E-state index contributed by atoms with van der Waals surface area (Å²) in [5, 5.41) is 4.02. The molecular formula is C15H20N4S. The van der Waals surface area contributed by atoms with Crippen molar-refractivity contribution in [1.82, 2.24) is 9.97 Å². The van der Waals surface area contributed by atoms with E-state index in [0.29, 0.717) is 11.0 Å². The Labute approximate surface area is 124 Å². The zero-order chi connectivity index (χ0) is 14.8. The summed E-state index contributed by atoms with van der Waals surface area (Å²) in [7, 11) is 0. The fourth-order valence-corrected chi connectivity index (χ4v) is 2.37. The lowest BCUT2D eigenvalue weighted by molar-refractivity contribution is 0.592. The topological polar surface area (TPSA) is 63.8 Å². The molecule has 0 fully saturated rings. The van der Waals surface area contributed by atoms with Gasteiger partial charge >= 0.3 is 0 Å². The van der Waals surface area contributed by atoms with E-state index in [2.05, 4.69) is 48.2 Å². The number of hydrogen-bond donors (Lipinski definition) is 2. The molecule has 2 aromatic rings. The van der Waals surface area contributed by atoms with E-state index in [1.807, 2.05) is 18.4 Å². The SMILES string of the molecule is CSc1nc(N)cc(Nc2ccccc2C(C)(C)C)n1. The molecule has 4 nitrogen and oxygen atoms in total. The summed E-state index contributed by atoms with van der Waals surface area (Å²) in [6.07, 6.45) is 1.93. The lowest BCUT2D eigenvalue weighted by atomic mass is 9.86. The Bertz CT molecular complexity index is 605. The van der Waals surface area contributed by atoms with Crippen LogP contribution in [0.5, 0.6) is 0 Å². The van der Waals surface area contributed by atoms with E-state index in [1.54, 1.807) is 6.07 Å². The molecule has 0 saturated carbocycles. The number of aromatic nitrogens is 2. The van der Waals surface area contributed by atoms with Gasteiger partial charge in [-0.15, -0.1) is 0 Å². The van der Waals surface area contributed by atoms with Gasteiger partial charge in [-0.2, -0.15) is 0 Å². The van der Waals surface area contributed by atoms with Crippen LogP contribution in [0.25, 0.3) is 0 Å². The Morgan fingerprint density at radius 1 is 1.15 bits per heavy atom. The van der Waals surface area contributed by atoms with Gasteiger partial charge in [0, 0.05) is 11.8 Å². The number of nitrogens with one attached hydrogen (secondary N) is 1. The van der Waals surface area contributed by atoms with Crippen LogP contribution >= 0.6 is 11.8 Å². The Hall–Kier alpha value is -1.75. The zero-order valence-electron chi connectivity index (χ0n) is 12.3. The molecule has 1 heterocycles. The van der Waals surface area contributed by atoms with E-state index in [1.165, 1.54) is 17.3 Å². The molecule has 0 saturated heterocycles. The van der Waals surface area contributed by atoms with Gasteiger partial charge in [0.1, 0.15) is 11.6 Å². The number of rotatable bonds is 3. The maximum atomic E-state index is 5.81. The normalized spacial score (nSPS) is 11.4. The third kappa shape index (κ3) is 3.42. The molecule has 0 unspecified atom stereocenters. The first kappa shape index (κ1) is 14.7. The summed E-state index contributed by atoms with van der Waals surface area (Å²) in [5.41, 5.74) is 8.15. The quantitative estimate of drug-likeness (QED) is 0.664. The van der Waals surface area contributed by atoms with Crippen molar-refractivity contribution in [2.75, 3.05) is 17.3 Å². The van der Waals surface area contributed by atoms with Crippen LogP contribution in [0.3, 0.4) is 0 Å². The van der Waals surface area contributed by atoms with E-state index in [0.717, 1.165) is 11.5 Å². The van der Waals surface area contributed by atoms with Crippen LogP contribution in [0, 0.1) is 0 Å². The minimum Gasteiger partial charge on any atom is -0.383 e. The number of para-hydroxylation sites is 1. The van der Waals surface area contributed by atoms with Crippen molar-refractivity contribution in [3.63, 3.8) is 0 Å². The molecule has 0 aliphatic heterocycles. The minimum absolute atomic E-state index is 0.0600. The Morgan fingerprint density at radius 2 is 1.85 bits per heavy atom. The van der Waals surface area contributed by atoms with Gasteiger partial charge in [-0.25, -0.2) is 9.97 Å². The van der Waals surface area contributed by atoms with Gasteiger partial charge < -0.3 is 11.1 Å². The second kappa shape index (κ2) is 5.71. The molecule has 0 atom stereocenters. The van der Waals surface area contributed by atoms with Crippen LogP contribution in [0.1, 0.15) is 26.3 Å². The fourth-order valence-electron chi connectivity index (χ4n) is 1.98. The second-order valence-electron chi connectivity index (χ2n) is 5.59. The maximum Gasteiger partial charge on any atom is 0.191 e. The van der Waals surface area contributed by atoms with Crippen molar-refractivity contribution < 1.29 is 0 Å². The van der Waals surface area contributed by atoms with E-state index in [-0.39, 0.29) is 5.41 Å². The lowest BCUT2D eigenvalue weighted by Gasteiger charge is -2.23. The molecule has 0 spiro atoms. The molecular weight excluding hydrogens is 268 g/mol. The highest BCUT2D eigenvalue weighted by molar-refractivity contribution is 7.98. The van der Waals surface area contributed by atoms with Crippen LogP contribution in [-0.4, -0.2) is 16.2 Å². The van der Waals surface area contributed by atoms with E-state index >= 15 is 0 Å². The maximum absolute atomic E-state index is 5.81. The van der Waals surface area contributed by atoms with E-state index in [9.17, 15) is 0 Å². The third-order valence-corrected chi connectivity index (χ3v) is 3.45. The molecule has 0 bridgehead atoms. The summed E-state index contributed by atoms with van der Waals surface area (Å²) in [4.78, 5) is 8.59. The first-order chi connectivity index (χ1) is 9.40. The average Bonchev–Trinajstić information content (AvgIpc) is 2.37. The van der Waals surface area contributed by atoms with Crippen LogP contribution in [0.15, 0.2) is 35.5 Å². The first-order valence-corrected chi connectivity index (χ1v) is 7.67.